The van der Waals surface area contributed by atoms with Gasteiger partial charge in [0.15, 0.2) is 0 Å². The van der Waals surface area contributed by atoms with Crippen molar-refractivity contribution in [3.8, 4) is 5.75 Å². The van der Waals surface area contributed by atoms with E-state index >= 15 is 0 Å². The molecule has 0 saturated heterocycles. The van der Waals surface area contributed by atoms with Gasteiger partial charge in [0.25, 0.3) is 0 Å². The number of ether oxygens (including phenoxy) is 1. The first-order valence-electron chi connectivity index (χ1n) is 6.92. The monoisotopic (exact) mass is 333 g/mol. The molecule has 2 nitrogen and oxygen atoms in total. The summed E-state index contributed by atoms with van der Waals surface area (Å²) in [5.41, 5.74) is 8.47. The second-order valence-corrected chi connectivity index (χ2v) is 5.71. The number of halogens is 1. The van der Waals surface area contributed by atoms with Crippen LogP contribution in [-0.4, -0.2) is 0 Å². The molecule has 1 atom stereocenters. The molecule has 0 aliphatic heterocycles. The second-order valence-electron chi connectivity index (χ2n) is 4.85. The van der Waals surface area contributed by atoms with Crippen molar-refractivity contribution in [2.45, 2.75) is 32.4 Å². The molecule has 1 unspecified atom stereocenters. The molecule has 0 spiro atoms. The van der Waals surface area contributed by atoms with E-state index in [1.165, 1.54) is 0 Å². The van der Waals surface area contributed by atoms with Crippen molar-refractivity contribution in [3.05, 3.63) is 64.1 Å². The van der Waals surface area contributed by atoms with E-state index in [1.54, 1.807) is 0 Å². The molecule has 3 heteroatoms. The Morgan fingerprint density at radius 3 is 2.60 bits per heavy atom. The van der Waals surface area contributed by atoms with Crippen LogP contribution in [0.3, 0.4) is 0 Å². The summed E-state index contributed by atoms with van der Waals surface area (Å²) in [6.07, 6.45) is 2.05. The predicted octanol–water partition coefficient (Wildman–Crippen LogP) is 4.83. The van der Waals surface area contributed by atoms with Gasteiger partial charge >= 0.3 is 0 Å². The van der Waals surface area contributed by atoms with Crippen LogP contribution in [0.15, 0.2) is 53.0 Å². The fourth-order valence-electron chi connectivity index (χ4n) is 2.10. The summed E-state index contributed by atoms with van der Waals surface area (Å²) >= 11 is 3.56. The largest absolute Gasteiger partial charge is 0.489 e. The summed E-state index contributed by atoms with van der Waals surface area (Å²) in [4.78, 5) is 0. The van der Waals surface area contributed by atoms with Crippen LogP contribution in [0.5, 0.6) is 5.75 Å². The van der Waals surface area contributed by atoms with E-state index in [1.807, 2.05) is 36.4 Å². The summed E-state index contributed by atoms with van der Waals surface area (Å²) in [6.45, 7) is 2.72. The van der Waals surface area contributed by atoms with Crippen molar-refractivity contribution in [1.29, 1.82) is 0 Å². The van der Waals surface area contributed by atoms with E-state index in [4.69, 9.17) is 10.5 Å². The molecule has 0 amide bonds. The fourth-order valence-corrected chi connectivity index (χ4v) is 2.64. The maximum absolute atomic E-state index is 6.20. The molecule has 0 fully saturated rings. The molecule has 2 aromatic rings. The van der Waals surface area contributed by atoms with Gasteiger partial charge in [0.2, 0.25) is 0 Å². The van der Waals surface area contributed by atoms with E-state index in [2.05, 4.69) is 35.0 Å². The Bertz CT molecular complexity index is 542. The second kappa shape index (κ2) is 7.46. The highest BCUT2D eigenvalue weighted by Crippen LogP contribution is 2.29. The van der Waals surface area contributed by atoms with Gasteiger partial charge in [0.1, 0.15) is 12.4 Å². The summed E-state index contributed by atoms with van der Waals surface area (Å²) in [5.74, 6) is 0.860. The smallest absolute Gasteiger partial charge is 0.120 e. The van der Waals surface area contributed by atoms with Gasteiger partial charge in [-0.05, 0) is 35.7 Å². The van der Waals surface area contributed by atoms with Gasteiger partial charge in [-0.2, -0.15) is 0 Å². The van der Waals surface area contributed by atoms with Gasteiger partial charge in [-0.15, -0.1) is 0 Å². The zero-order valence-corrected chi connectivity index (χ0v) is 13.3. The topological polar surface area (TPSA) is 35.2 Å². The first-order valence-corrected chi connectivity index (χ1v) is 7.71. The van der Waals surface area contributed by atoms with Crippen molar-refractivity contribution in [2.75, 3.05) is 0 Å². The third-order valence-corrected chi connectivity index (χ3v) is 3.94. The standard InChI is InChI=1S/C17H20BrNO/c1-2-6-17(19)15-11-14(9-10-16(15)18)20-12-13-7-4-3-5-8-13/h3-5,7-11,17H,2,6,12,19H2,1H3. The molecule has 20 heavy (non-hydrogen) atoms. The Morgan fingerprint density at radius 1 is 1.15 bits per heavy atom. The molecule has 2 aromatic carbocycles. The summed E-state index contributed by atoms with van der Waals surface area (Å²) in [7, 11) is 0. The molecular formula is C17H20BrNO. The lowest BCUT2D eigenvalue weighted by molar-refractivity contribution is 0.305. The van der Waals surface area contributed by atoms with E-state index in [-0.39, 0.29) is 6.04 Å². The highest BCUT2D eigenvalue weighted by atomic mass is 79.9. The minimum atomic E-state index is 0.0506. The Balaban J connectivity index is 2.07. The van der Waals surface area contributed by atoms with Crippen LogP contribution in [-0.2, 0) is 6.61 Å². The maximum Gasteiger partial charge on any atom is 0.120 e. The number of benzene rings is 2. The van der Waals surface area contributed by atoms with Crippen molar-refractivity contribution in [2.24, 2.45) is 5.73 Å². The van der Waals surface area contributed by atoms with Crippen molar-refractivity contribution < 1.29 is 4.74 Å². The van der Waals surface area contributed by atoms with Crippen LogP contribution in [0.25, 0.3) is 0 Å². The summed E-state index contributed by atoms with van der Waals surface area (Å²) < 4.78 is 6.89. The number of hydrogen-bond donors (Lipinski definition) is 1. The Hall–Kier alpha value is -1.32. The van der Waals surface area contributed by atoms with Crippen molar-refractivity contribution in [3.63, 3.8) is 0 Å². The SMILES string of the molecule is CCCC(N)c1cc(OCc2ccccc2)ccc1Br. The quantitative estimate of drug-likeness (QED) is 0.821. The minimum Gasteiger partial charge on any atom is -0.489 e. The first-order chi connectivity index (χ1) is 9.70. The minimum absolute atomic E-state index is 0.0506. The molecule has 2 N–H and O–H groups in total. The van der Waals surface area contributed by atoms with Crippen LogP contribution in [0.1, 0.15) is 36.9 Å². The third kappa shape index (κ3) is 4.09. The number of hydrogen-bond acceptors (Lipinski definition) is 2. The van der Waals surface area contributed by atoms with Crippen LogP contribution >= 0.6 is 15.9 Å². The van der Waals surface area contributed by atoms with Crippen LogP contribution < -0.4 is 10.5 Å². The Morgan fingerprint density at radius 2 is 1.90 bits per heavy atom. The predicted molar refractivity (Wildman–Crippen MR) is 86.8 cm³/mol. The normalized spacial score (nSPS) is 12.2. The molecule has 2 rings (SSSR count). The first kappa shape index (κ1) is 15.1. The van der Waals surface area contributed by atoms with Crippen molar-refractivity contribution in [1.82, 2.24) is 0 Å². The number of rotatable bonds is 6. The van der Waals surface area contributed by atoms with E-state index in [0.717, 1.165) is 34.2 Å². The van der Waals surface area contributed by atoms with Crippen LogP contribution in [0.4, 0.5) is 0 Å². The zero-order chi connectivity index (χ0) is 14.4. The summed E-state index contributed by atoms with van der Waals surface area (Å²) in [6, 6.07) is 16.2. The highest BCUT2D eigenvalue weighted by molar-refractivity contribution is 9.10. The molecule has 0 radical (unpaired) electrons. The molecule has 0 saturated carbocycles. The fraction of sp³-hybridized carbons (Fsp3) is 0.294. The van der Waals surface area contributed by atoms with Gasteiger partial charge in [0, 0.05) is 10.5 Å². The number of nitrogens with two attached hydrogens (primary N) is 1. The van der Waals surface area contributed by atoms with E-state index in [0.29, 0.717) is 6.61 Å². The third-order valence-electron chi connectivity index (χ3n) is 3.21. The molecule has 0 aromatic heterocycles. The molecule has 106 valence electrons. The Kier molecular flexibility index (Phi) is 5.62. The average Bonchev–Trinajstić information content (AvgIpc) is 2.47. The summed E-state index contributed by atoms with van der Waals surface area (Å²) in [5, 5.41) is 0. The van der Waals surface area contributed by atoms with Crippen LogP contribution in [0.2, 0.25) is 0 Å². The van der Waals surface area contributed by atoms with E-state index < -0.39 is 0 Å². The lowest BCUT2D eigenvalue weighted by atomic mass is 10.0. The molecule has 0 aliphatic carbocycles. The Labute approximate surface area is 129 Å². The molecular weight excluding hydrogens is 314 g/mol. The maximum atomic E-state index is 6.20. The molecule has 0 heterocycles. The van der Waals surface area contributed by atoms with Crippen LogP contribution in [0, 0.1) is 0 Å². The van der Waals surface area contributed by atoms with Gasteiger partial charge in [-0.3, -0.25) is 0 Å². The van der Waals surface area contributed by atoms with Gasteiger partial charge < -0.3 is 10.5 Å². The van der Waals surface area contributed by atoms with E-state index in [9.17, 15) is 0 Å². The lowest BCUT2D eigenvalue weighted by Crippen LogP contribution is -2.10. The van der Waals surface area contributed by atoms with Gasteiger partial charge in [-0.1, -0.05) is 59.6 Å². The average molecular weight is 334 g/mol. The molecule has 0 bridgehead atoms. The molecule has 0 aliphatic rings. The lowest BCUT2D eigenvalue weighted by Gasteiger charge is -2.15. The van der Waals surface area contributed by atoms with Crippen molar-refractivity contribution >= 4 is 15.9 Å². The van der Waals surface area contributed by atoms with Gasteiger partial charge in [0.05, 0.1) is 0 Å². The highest BCUT2D eigenvalue weighted by Gasteiger charge is 2.10. The zero-order valence-electron chi connectivity index (χ0n) is 11.7. The van der Waals surface area contributed by atoms with Gasteiger partial charge in [-0.25, -0.2) is 0 Å².